The van der Waals surface area contributed by atoms with Crippen LogP contribution in [0.4, 0.5) is 0 Å². The summed E-state index contributed by atoms with van der Waals surface area (Å²) in [5.41, 5.74) is 0. The van der Waals surface area contributed by atoms with E-state index in [1.54, 1.807) is 0 Å². The van der Waals surface area contributed by atoms with Gasteiger partial charge in [-0.25, -0.2) is 4.79 Å². The van der Waals surface area contributed by atoms with Crippen LogP contribution in [-0.2, 0) is 42.9 Å². The Balaban J connectivity index is 2.66. The maximum Gasteiger partial charge on any atom is 0.335 e. The van der Waals surface area contributed by atoms with E-state index < -0.39 is 67.3 Å². The molecule has 1 rings (SSSR count). The highest BCUT2D eigenvalue weighted by atomic mass is 16.7. The predicted octanol–water partition coefficient (Wildman–Crippen LogP) is 17.5. The number of rotatable bonds is 55. The predicted molar refractivity (Wildman–Crippen MR) is 331 cm³/mol. The van der Waals surface area contributed by atoms with Crippen molar-refractivity contribution in [2.45, 2.75) is 314 Å². The van der Waals surface area contributed by atoms with Gasteiger partial charge in [0.15, 0.2) is 24.6 Å². The fraction of sp³-hybridized carbons (Fsp3) is 0.739. The number of hydrogen-bond acceptors (Lipinski definition) is 11. The first kappa shape index (κ1) is 74.9. The van der Waals surface area contributed by atoms with Gasteiger partial charge in [0.2, 0.25) is 0 Å². The first-order valence-electron chi connectivity index (χ1n) is 32.6. The van der Waals surface area contributed by atoms with E-state index >= 15 is 0 Å². The first-order valence-corrected chi connectivity index (χ1v) is 32.6. The van der Waals surface area contributed by atoms with Crippen molar-refractivity contribution in [2.24, 2.45) is 0 Å². The number of aliphatic hydroxyl groups is 2. The lowest BCUT2D eigenvalue weighted by molar-refractivity contribution is -0.301. The van der Waals surface area contributed by atoms with E-state index in [4.69, 9.17) is 23.7 Å². The lowest BCUT2D eigenvalue weighted by Crippen LogP contribution is -2.61. The van der Waals surface area contributed by atoms with Crippen molar-refractivity contribution in [3.63, 3.8) is 0 Å². The second-order valence-corrected chi connectivity index (χ2v) is 22.0. The minimum atomic E-state index is -1.91. The first-order chi connectivity index (χ1) is 39.6. The van der Waals surface area contributed by atoms with Gasteiger partial charge in [0.05, 0.1) is 6.61 Å². The lowest BCUT2D eigenvalue weighted by atomic mass is 9.98. The number of hydrogen-bond donors (Lipinski definition) is 3. The van der Waals surface area contributed by atoms with Gasteiger partial charge in [0, 0.05) is 19.3 Å². The van der Waals surface area contributed by atoms with E-state index in [0.717, 1.165) is 135 Å². The number of unbranched alkanes of at least 4 members (excludes halogenated alkanes) is 27. The highest BCUT2D eigenvalue weighted by Gasteiger charge is 2.50. The standard InChI is InChI=1S/C69H116O12/c1-4-7-10-13-16-19-22-25-28-30-31-33-35-37-40-43-46-49-52-55-61(70)77-58-60(79-62(71)56-53-50-47-44-41-38-34-27-24-21-18-15-12-9-6-3)59-78-69-67(65(74)64(73)66(81-69)68(75)76)80-63(72)57-54-51-48-45-42-39-36-32-29-26-23-20-17-14-11-8-5-2/h8-9,11-12,17-18,20-21,25-29,34,60,64-67,69,73-74H,4-7,10,13-16,19,22-24,30-33,35-59H2,1-3H3,(H,75,76)/b11-8-,12-9-,20-17-,21-18-,28-25-,29-26-,34-27-. The summed E-state index contributed by atoms with van der Waals surface area (Å²) in [6.07, 6.45) is 61.1. The molecule has 0 aromatic rings. The number of carbonyl (C=O) groups is 4. The van der Waals surface area contributed by atoms with Crippen molar-refractivity contribution in [1.82, 2.24) is 0 Å². The lowest BCUT2D eigenvalue weighted by Gasteiger charge is -2.40. The Morgan fingerprint density at radius 3 is 1.20 bits per heavy atom. The molecule has 1 aliphatic heterocycles. The molecule has 1 aliphatic rings. The fourth-order valence-corrected chi connectivity index (χ4v) is 9.51. The molecule has 0 amide bonds. The van der Waals surface area contributed by atoms with Crippen LogP contribution in [0.1, 0.15) is 278 Å². The van der Waals surface area contributed by atoms with Crippen LogP contribution in [0.3, 0.4) is 0 Å². The molecule has 1 fully saturated rings. The highest BCUT2D eigenvalue weighted by Crippen LogP contribution is 2.27. The highest BCUT2D eigenvalue weighted by molar-refractivity contribution is 5.74. The second-order valence-electron chi connectivity index (χ2n) is 22.0. The molecule has 464 valence electrons. The van der Waals surface area contributed by atoms with Crippen molar-refractivity contribution < 1.29 is 58.2 Å². The summed E-state index contributed by atoms with van der Waals surface area (Å²) in [5, 5.41) is 31.6. The monoisotopic (exact) mass is 1140 g/mol. The number of allylic oxidation sites excluding steroid dienone is 14. The van der Waals surface area contributed by atoms with Crippen molar-refractivity contribution in [3.05, 3.63) is 85.1 Å². The molecule has 0 spiro atoms. The molecular weight excluding hydrogens is 1020 g/mol. The summed E-state index contributed by atoms with van der Waals surface area (Å²) in [7, 11) is 0. The van der Waals surface area contributed by atoms with E-state index in [9.17, 15) is 34.5 Å². The number of aliphatic hydroxyl groups excluding tert-OH is 2. The van der Waals surface area contributed by atoms with Gasteiger partial charge in [-0.05, 0) is 109 Å². The Labute approximate surface area is 492 Å². The molecule has 12 nitrogen and oxygen atoms in total. The molecule has 0 bridgehead atoms. The van der Waals surface area contributed by atoms with Crippen LogP contribution in [0.25, 0.3) is 0 Å². The van der Waals surface area contributed by atoms with Crippen LogP contribution < -0.4 is 0 Å². The van der Waals surface area contributed by atoms with Gasteiger partial charge < -0.3 is 39.0 Å². The normalized spacial score (nSPS) is 18.3. The van der Waals surface area contributed by atoms with E-state index in [1.807, 2.05) is 0 Å². The zero-order valence-corrected chi connectivity index (χ0v) is 51.3. The molecule has 0 aromatic carbocycles. The third-order valence-corrected chi connectivity index (χ3v) is 14.4. The topological polar surface area (TPSA) is 175 Å². The SMILES string of the molecule is CC/C=C\C/C=C\C/C=C\CCCCCCCCCC(=O)OC1C(OCC(COC(=O)CCCCCCCCCCC/C=C\CCCCCCCC)OC(=O)CCCCCCC/C=C\C/C=C\C/C=C\CC)OC(C(=O)O)C(O)C1O. The fourth-order valence-electron chi connectivity index (χ4n) is 9.51. The number of carbonyl (C=O) groups excluding carboxylic acids is 3. The minimum absolute atomic E-state index is 0.0445. The van der Waals surface area contributed by atoms with Crippen LogP contribution in [0, 0.1) is 0 Å². The van der Waals surface area contributed by atoms with Gasteiger partial charge in [-0.2, -0.15) is 0 Å². The third-order valence-electron chi connectivity index (χ3n) is 14.4. The van der Waals surface area contributed by atoms with Crippen molar-refractivity contribution >= 4 is 23.9 Å². The van der Waals surface area contributed by atoms with Gasteiger partial charge in [-0.3, -0.25) is 14.4 Å². The molecule has 0 aromatic heterocycles. The quantitative estimate of drug-likeness (QED) is 0.0228. The summed E-state index contributed by atoms with van der Waals surface area (Å²) >= 11 is 0. The van der Waals surface area contributed by atoms with Crippen LogP contribution in [0.15, 0.2) is 85.1 Å². The molecule has 1 saturated heterocycles. The van der Waals surface area contributed by atoms with Crippen molar-refractivity contribution in [3.8, 4) is 0 Å². The van der Waals surface area contributed by atoms with Crippen LogP contribution in [0.2, 0.25) is 0 Å². The molecule has 12 heteroatoms. The number of aliphatic carboxylic acids is 1. The van der Waals surface area contributed by atoms with E-state index in [0.29, 0.717) is 19.3 Å². The molecule has 3 N–H and O–H groups in total. The van der Waals surface area contributed by atoms with Crippen molar-refractivity contribution in [2.75, 3.05) is 13.2 Å². The minimum Gasteiger partial charge on any atom is -0.479 e. The largest absolute Gasteiger partial charge is 0.479 e. The van der Waals surface area contributed by atoms with Gasteiger partial charge in [0.25, 0.3) is 0 Å². The average molecular weight is 1140 g/mol. The molecule has 1 heterocycles. The zero-order valence-electron chi connectivity index (χ0n) is 51.3. The maximum absolute atomic E-state index is 13.2. The molecular formula is C69H116O12. The Hall–Kier alpha value is -4.10. The Morgan fingerprint density at radius 1 is 0.420 bits per heavy atom. The van der Waals surface area contributed by atoms with Crippen molar-refractivity contribution in [1.29, 1.82) is 0 Å². The molecule has 0 saturated carbocycles. The van der Waals surface area contributed by atoms with Gasteiger partial charge in [0.1, 0.15) is 18.8 Å². The molecule has 6 atom stereocenters. The Kier molecular flexibility index (Phi) is 52.1. The van der Waals surface area contributed by atoms with Gasteiger partial charge in [-0.1, -0.05) is 234 Å². The van der Waals surface area contributed by atoms with E-state index in [2.05, 4.69) is 106 Å². The van der Waals surface area contributed by atoms with E-state index in [-0.39, 0.29) is 25.9 Å². The van der Waals surface area contributed by atoms with Gasteiger partial charge >= 0.3 is 23.9 Å². The van der Waals surface area contributed by atoms with Crippen LogP contribution in [0.5, 0.6) is 0 Å². The van der Waals surface area contributed by atoms with Crippen LogP contribution in [-0.4, -0.2) is 89.2 Å². The summed E-state index contributed by atoms with van der Waals surface area (Å²) in [4.78, 5) is 51.3. The summed E-state index contributed by atoms with van der Waals surface area (Å²) in [6.45, 7) is 5.78. The second kappa shape index (κ2) is 56.4. The molecule has 81 heavy (non-hydrogen) atoms. The maximum atomic E-state index is 13.2. The molecule has 6 unspecified atom stereocenters. The average Bonchev–Trinajstić information content (AvgIpc) is 3.53. The summed E-state index contributed by atoms with van der Waals surface area (Å²) in [5.74, 6) is -3.15. The number of ether oxygens (including phenoxy) is 5. The molecule has 0 radical (unpaired) electrons. The summed E-state index contributed by atoms with van der Waals surface area (Å²) in [6, 6.07) is 0. The Bertz CT molecular complexity index is 1730. The number of esters is 3. The Morgan fingerprint density at radius 2 is 0.778 bits per heavy atom. The zero-order chi connectivity index (χ0) is 58.9. The number of carboxylic acid groups (broad SMARTS) is 1. The third kappa shape index (κ3) is 46.0. The van der Waals surface area contributed by atoms with E-state index in [1.165, 1.54) is 83.5 Å². The van der Waals surface area contributed by atoms with Gasteiger partial charge in [-0.15, -0.1) is 0 Å². The van der Waals surface area contributed by atoms with Crippen LogP contribution >= 0.6 is 0 Å². The number of carboxylic acids is 1. The summed E-state index contributed by atoms with van der Waals surface area (Å²) < 4.78 is 28.5. The smallest absolute Gasteiger partial charge is 0.335 e. The molecule has 0 aliphatic carbocycles.